The average molecular weight is 413 g/mol. The van der Waals surface area contributed by atoms with Crippen molar-refractivity contribution in [3.05, 3.63) is 82.3 Å². The molecule has 0 unspecified atom stereocenters. The van der Waals surface area contributed by atoms with Crippen molar-refractivity contribution in [1.29, 1.82) is 0 Å². The summed E-state index contributed by atoms with van der Waals surface area (Å²) in [6.07, 6.45) is 0.263. The Morgan fingerprint density at radius 3 is 2.52 bits per heavy atom. The van der Waals surface area contributed by atoms with E-state index in [0.29, 0.717) is 15.7 Å². The Hall–Kier alpha value is -2.40. The van der Waals surface area contributed by atoms with E-state index >= 15 is 0 Å². The van der Waals surface area contributed by atoms with Crippen LogP contribution < -0.4 is 5.32 Å². The fourth-order valence-electron chi connectivity index (χ4n) is 2.82. The van der Waals surface area contributed by atoms with Crippen molar-refractivity contribution < 1.29 is 4.79 Å². The Balaban J connectivity index is 1.71. The van der Waals surface area contributed by atoms with Crippen molar-refractivity contribution in [2.75, 3.05) is 5.32 Å². The summed E-state index contributed by atoms with van der Waals surface area (Å²) >= 11 is 14.2. The molecule has 0 saturated carbocycles. The number of carbonyl (C=O) groups is 1. The minimum absolute atomic E-state index is 0.146. The number of fused-ring (bicyclic) bond motifs is 1. The number of halogens is 2. The first-order chi connectivity index (χ1) is 13.1. The van der Waals surface area contributed by atoms with Crippen molar-refractivity contribution in [1.82, 2.24) is 4.98 Å². The van der Waals surface area contributed by atoms with Crippen LogP contribution in [0, 0.1) is 0 Å². The van der Waals surface area contributed by atoms with Gasteiger partial charge in [-0.05, 0) is 29.8 Å². The number of carbonyl (C=O) groups excluding carboxylic acids is 1. The SMILES string of the molecule is O=C(Cc1ccccc1)Nc1c(Cl)cc(Cl)cc1-c1nc2ccccc2s1. The van der Waals surface area contributed by atoms with Crippen LogP contribution in [0.4, 0.5) is 5.69 Å². The fraction of sp³-hybridized carbons (Fsp3) is 0.0476. The van der Waals surface area contributed by atoms with Crippen LogP contribution in [0.3, 0.4) is 0 Å². The summed E-state index contributed by atoms with van der Waals surface area (Å²) in [5, 5.41) is 4.58. The lowest BCUT2D eigenvalue weighted by Crippen LogP contribution is -2.15. The summed E-state index contributed by atoms with van der Waals surface area (Å²) < 4.78 is 1.06. The van der Waals surface area contributed by atoms with Gasteiger partial charge in [0.2, 0.25) is 5.91 Å². The number of hydrogen-bond donors (Lipinski definition) is 1. The van der Waals surface area contributed by atoms with Gasteiger partial charge < -0.3 is 5.32 Å². The zero-order chi connectivity index (χ0) is 18.8. The molecule has 27 heavy (non-hydrogen) atoms. The maximum Gasteiger partial charge on any atom is 0.228 e. The Morgan fingerprint density at radius 2 is 1.74 bits per heavy atom. The Labute approximate surface area is 170 Å². The highest BCUT2D eigenvalue weighted by atomic mass is 35.5. The molecule has 0 saturated heterocycles. The molecule has 1 amide bonds. The lowest BCUT2D eigenvalue weighted by Gasteiger charge is -2.12. The quantitative estimate of drug-likeness (QED) is 0.418. The predicted molar refractivity (Wildman–Crippen MR) is 114 cm³/mol. The molecule has 1 heterocycles. The standard InChI is InChI=1S/C21H14Cl2N2OS/c22-14-11-15(21-24-17-8-4-5-9-18(17)27-21)20(16(23)12-14)25-19(26)10-13-6-2-1-3-7-13/h1-9,11-12H,10H2,(H,25,26). The zero-order valence-corrected chi connectivity index (χ0v) is 16.4. The van der Waals surface area contributed by atoms with E-state index in [4.69, 9.17) is 23.2 Å². The molecule has 0 aliphatic rings. The van der Waals surface area contributed by atoms with Crippen LogP contribution in [0.1, 0.15) is 5.56 Å². The number of thiazole rings is 1. The van der Waals surface area contributed by atoms with E-state index in [1.54, 1.807) is 12.1 Å². The third-order valence-corrected chi connectivity index (χ3v) is 5.64. The normalized spacial score (nSPS) is 10.9. The molecule has 0 aliphatic carbocycles. The first kappa shape index (κ1) is 18.0. The van der Waals surface area contributed by atoms with Gasteiger partial charge in [0, 0.05) is 10.6 Å². The molecule has 4 aromatic rings. The monoisotopic (exact) mass is 412 g/mol. The van der Waals surface area contributed by atoms with Crippen LogP contribution in [0.2, 0.25) is 10.0 Å². The molecular weight excluding hydrogens is 399 g/mol. The molecule has 3 nitrogen and oxygen atoms in total. The molecule has 1 aromatic heterocycles. The van der Waals surface area contributed by atoms with Crippen molar-refractivity contribution >= 4 is 56.3 Å². The first-order valence-electron chi connectivity index (χ1n) is 8.29. The van der Waals surface area contributed by atoms with E-state index in [1.165, 1.54) is 11.3 Å². The maximum absolute atomic E-state index is 12.6. The third-order valence-electron chi connectivity index (χ3n) is 4.05. The highest BCUT2D eigenvalue weighted by Crippen LogP contribution is 2.40. The molecule has 3 aromatic carbocycles. The molecule has 0 spiro atoms. The summed E-state index contributed by atoms with van der Waals surface area (Å²) in [6.45, 7) is 0. The van der Waals surface area contributed by atoms with Gasteiger partial charge in [0.05, 0.1) is 27.3 Å². The molecule has 0 radical (unpaired) electrons. The lowest BCUT2D eigenvalue weighted by molar-refractivity contribution is -0.115. The second kappa shape index (κ2) is 7.69. The smallest absolute Gasteiger partial charge is 0.228 e. The lowest BCUT2D eigenvalue weighted by atomic mass is 10.1. The molecule has 1 N–H and O–H groups in total. The zero-order valence-electron chi connectivity index (χ0n) is 14.1. The van der Waals surface area contributed by atoms with Crippen LogP contribution in [0.25, 0.3) is 20.8 Å². The molecule has 134 valence electrons. The highest BCUT2D eigenvalue weighted by Gasteiger charge is 2.17. The molecule has 0 aliphatic heterocycles. The number of hydrogen-bond acceptors (Lipinski definition) is 3. The first-order valence-corrected chi connectivity index (χ1v) is 9.86. The number of rotatable bonds is 4. The minimum atomic E-state index is -0.146. The van der Waals surface area contributed by atoms with Gasteiger partial charge in [0.15, 0.2) is 0 Å². The van der Waals surface area contributed by atoms with Crippen LogP contribution in [0.5, 0.6) is 0 Å². The van der Waals surface area contributed by atoms with Gasteiger partial charge in [-0.2, -0.15) is 0 Å². The Bertz CT molecular complexity index is 1090. The van der Waals surface area contributed by atoms with Gasteiger partial charge in [-0.15, -0.1) is 11.3 Å². The molecule has 4 rings (SSSR count). The summed E-state index contributed by atoms with van der Waals surface area (Å²) in [5.74, 6) is -0.146. The molecular formula is C21H14Cl2N2OS. The van der Waals surface area contributed by atoms with Crippen LogP contribution in [-0.4, -0.2) is 10.9 Å². The van der Waals surface area contributed by atoms with Gasteiger partial charge in [-0.3, -0.25) is 4.79 Å². The molecule has 0 atom stereocenters. The van der Waals surface area contributed by atoms with Gasteiger partial charge in [0.1, 0.15) is 5.01 Å². The van der Waals surface area contributed by atoms with Gasteiger partial charge in [0.25, 0.3) is 0 Å². The van der Waals surface area contributed by atoms with E-state index in [0.717, 1.165) is 26.4 Å². The van der Waals surface area contributed by atoms with E-state index in [9.17, 15) is 4.79 Å². The number of nitrogens with one attached hydrogen (secondary N) is 1. The second-order valence-electron chi connectivity index (χ2n) is 6.01. The van der Waals surface area contributed by atoms with Crippen molar-refractivity contribution in [2.24, 2.45) is 0 Å². The van der Waals surface area contributed by atoms with Crippen LogP contribution in [0.15, 0.2) is 66.7 Å². The average Bonchev–Trinajstić information content (AvgIpc) is 3.08. The maximum atomic E-state index is 12.6. The van der Waals surface area contributed by atoms with Crippen LogP contribution in [-0.2, 0) is 11.2 Å². The van der Waals surface area contributed by atoms with E-state index in [-0.39, 0.29) is 12.3 Å². The number of anilines is 1. The Kier molecular flexibility index (Phi) is 5.12. The van der Waals surface area contributed by atoms with Gasteiger partial charge in [-0.25, -0.2) is 4.98 Å². The molecule has 6 heteroatoms. The predicted octanol–water partition coefficient (Wildman–Crippen LogP) is 6.45. The van der Waals surface area contributed by atoms with E-state index in [1.807, 2.05) is 54.6 Å². The summed E-state index contributed by atoms with van der Waals surface area (Å²) in [5.41, 5.74) is 3.08. The number of amides is 1. The van der Waals surface area contributed by atoms with E-state index < -0.39 is 0 Å². The molecule has 0 fully saturated rings. The van der Waals surface area contributed by atoms with Crippen molar-refractivity contribution in [2.45, 2.75) is 6.42 Å². The minimum Gasteiger partial charge on any atom is -0.324 e. The topological polar surface area (TPSA) is 42.0 Å². The number of nitrogens with zero attached hydrogens (tertiary/aromatic N) is 1. The van der Waals surface area contributed by atoms with Gasteiger partial charge >= 0.3 is 0 Å². The highest BCUT2D eigenvalue weighted by molar-refractivity contribution is 7.21. The summed E-state index contributed by atoms with van der Waals surface area (Å²) in [4.78, 5) is 17.2. The second-order valence-corrected chi connectivity index (χ2v) is 7.88. The number of para-hydroxylation sites is 1. The number of aromatic nitrogens is 1. The van der Waals surface area contributed by atoms with E-state index in [2.05, 4.69) is 10.3 Å². The van der Waals surface area contributed by atoms with Crippen molar-refractivity contribution in [3.63, 3.8) is 0 Å². The van der Waals surface area contributed by atoms with Gasteiger partial charge in [-0.1, -0.05) is 65.7 Å². The Morgan fingerprint density at radius 1 is 1.00 bits per heavy atom. The fourth-order valence-corrected chi connectivity index (χ4v) is 4.35. The summed E-state index contributed by atoms with van der Waals surface area (Å²) in [6, 6.07) is 20.8. The largest absolute Gasteiger partial charge is 0.324 e. The summed E-state index contributed by atoms with van der Waals surface area (Å²) in [7, 11) is 0. The number of benzene rings is 3. The third kappa shape index (κ3) is 3.98. The van der Waals surface area contributed by atoms with Crippen molar-refractivity contribution in [3.8, 4) is 10.6 Å². The molecule has 0 bridgehead atoms. The van der Waals surface area contributed by atoms with Crippen LogP contribution >= 0.6 is 34.5 Å².